The van der Waals surface area contributed by atoms with Gasteiger partial charge in [-0.3, -0.25) is 0 Å². The van der Waals surface area contributed by atoms with E-state index in [0.717, 1.165) is 0 Å². The summed E-state index contributed by atoms with van der Waals surface area (Å²) < 4.78 is 0. The maximum Gasteiger partial charge on any atom is -0.0000937 e. The zero-order valence-corrected chi connectivity index (χ0v) is 21.9. The predicted octanol–water partition coefficient (Wildman–Crippen LogP) is 10.4. The van der Waals surface area contributed by atoms with Crippen LogP contribution in [0.1, 0.15) is 33.4 Å². The molecule has 7 aromatic rings. The van der Waals surface area contributed by atoms with Gasteiger partial charge in [0, 0.05) is 0 Å². The molecule has 0 bridgehead atoms. The Labute approximate surface area is 233 Å². The fourth-order valence-corrected chi connectivity index (χ4v) is 7.15. The smallest absolute Gasteiger partial charge is 0.0000937 e. The second-order valence-electron chi connectivity index (χ2n) is 10.8. The lowest BCUT2D eigenvalue weighted by Gasteiger charge is -2.16. The third-order valence-electron chi connectivity index (χ3n) is 8.77. The maximum atomic E-state index is 2.36. The van der Waals surface area contributed by atoms with Crippen molar-refractivity contribution in [2.24, 2.45) is 0 Å². The van der Waals surface area contributed by atoms with Gasteiger partial charge >= 0.3 is 0 Å². The molecule has 0 amide bonds. The zero-order valence-electron chi connectivity index (χ0n) is 21.9. The van der Waals surface area contributed by atoms with E-state index >= 15 is 0 Å². The van der Waals surface area contributed by atoms with Crippen LogP contribution in [0.15, 0.2) is 146 Å². The van der Waals surface area contributed by atoms with E-state index in [1.54, 1.807) is 0 Å². The minimum Gasteiger partial charge on any atom is -0.0622 e. The van der Waals surface area contributed by atoms with E-state index in [0.29, 0.717) is 0 Å². The molecule has 7 aromatic carbocycles. The molecule has 0 aromatic heterocycles. The van der Waals surface area contributed by atoms with Crippen LogP contribution in [0.3, 0.4) is 0 Å². The van der Waals surface area contributed by atoms with Crippen molar-refractivity contribution in [3.05, 3.63) is 179 Å². The predicted molar refractivity (Wildman–Crippen MR) is 170 cm³/mol. The Hall–Kier alpha value is -5.20. The molecule has 9 rings (SSSR count). The van der Waals surface area contributed by atoms with Gasteiger partial charge in [0.05, 0.1) is 0 Å². The average Bonchev–Trinajstić information content (AvgIpc) is 3.54. The Balaban J connectivity index is 1.54. The van der Waals surface area contributed by atoms with Gasteiger partial charge in [-0.1, -0.05) is 146 Å². The number of hydrogen-bond acceptors (Lipinski definition) is 0. The molecular weight excluding hydrogens is 480 g/mol. The minimum absolute atomic E-state index is 1.27. The summed E-state index contributed by atoms with van der Waals surface area (Å²) in [6.07, 6.45) is 0. The number of rotatable bonds is 2. The highest BCUT2D eigenvalue weighted by Crippen LogP contribution is 2.61. The molecule has 0 unspecified atom stereocenters. The highest BCUT2D eigenvalue weighted by atomic mass is 14.4. The summed E-state index contributed by atoms with van der Waals surface area (Å²) in [6.45, 7) is 0. The first-order valence-corrected chi connectivity index (χ1v) is 14.0. The third kappa shape index (κ3) is 2.85. The van der Waals surface area contributed by atoms with E-state index in [2.05, 4.69) is 146 Å². The van der Waals surface area contributed by atoms with Gasteiger partial charge in [0.25, 0.3) is 0 Å². The summed E-state index contributed by atoms with van der Waals surface area (Å²) >= 11 is 0. The van der Waals surface area contributed by atoms with E-state index in [1.807, 2.05) is 0 Å². The van der Waals surface area contributed by atoms with Crippen LogP contribution in [0.2, 0.25) is 0 Å². The average molecular weight is 505 g/mol. The first-order valence-electron chi connectivity index (χ1n) is 14.0. The zero-order chi connectivity index (χ0) is 26.2. The van der Waals surface area contributed by atoms with Gasteiger partial charge in [0.15, 0.2) is 0 Å². The summed E-state index contributed by atoms with van der Waals surface area (Å²) in [7, 11) is 0. The van der Waals surface area contributed by atoms with Crippen LogP contribution in [-0.2, 0) is 0 Å². The second-order valence-corrected chi connectivity index (χ2v) is 10.8. The molecule has 184 valence electrons. The molecule has 2 aliphatic carbocycles. The van der Waals surface area contributed by atoms with E-state index < -0.39 is 0 Å². The van der Waals surface area contributed by atoms with Crippen molar-refractivity contribution in [1.29, 1.82) is 0 Å². The van der Waals surface area contributed by atoms with Gasteiger partial charge < -0.3 is 0 Å². The highest BCUT2D eigenvalue weighted by Gasteiger charge is 2.39. The van der Waals surface area contributed by atoms with Crippen molar-refractivity contribution in [2.45, 2.75) is 0 Å². The molecule has 0 fully saturated rings. The molecule has 0 heterocycles. The largest absolute Gasteiger partial charge is 0.0622 e. The monoisotopic (exact) mass is 504 g/mol. The lowest BCUT2D eigenvalue weighted by molar-refractivity contribution is 1.56. The molecular formula is C40H24. The maximum absolute atomic E-state index is 2.36. The quantitative estimate of drug-likeness (QED) is 0.220. The van der Waals surface area contributed by atoms with Crippen LogP contribution in [0.25, 0.3) is 54.6 Å². The SMILES string of the molecule is c1ccc(C2=C3C(=C(c4cccc5ccccc45)c4ccc5ccccc5c43)c3c2ccc2ccccc32)cc1. The van der Waals surface area contributed by atoms with E-state index in [4.69, 9.17) is 0 Å². The molecule has 0 spiro atoms. The number of fused-ring (bicyclic) bond motifs is 10. The van der Waals surface area contributed by atoms with Crippen LogP contribution in [0, 0.1) is 0 Å². The van der Waals surface area contributed by atoms with Crippen LogP contribution in [0.5, 0.6) is 0 Å². The summed E-state index contributed by atoms with van der Waals surface area (Å²) in [5.41, 5.74) is 13.3. The molecule has 0 saturated carbocycles. The number of hydrogen-bond donors (Lipinski definition) is 0. The Morgan fingerprint density at radius 1 is 0.250 bits per heavy atom. The standard InChI is InChI=1S/C40H24/c1-2-14-28(15-3-1)35-33-23-21-26-12-5-8-18-30(26)36(33)40-38(32-20-10-16-25-11-4-7-17-29(25)32)34-24-22-27-13-6-9-19-31(27)37(34)39(35)40/h1-24H. The molecule has 0 heteroatoms. The summed E-state index contributed by atoms with van der Waals surface area (Å²) in [4.78, 5) is 0. The summed E-state index contributed by atoms with van der Waals surface area (Å²) in [5, 5.41) is 7.75. The van der Waals surface area contributed by atoms with Crippen molar-refractivity contribution in [1.82, 2.24) is 0 Å². The third-order valence-corrected chi connectivity index (χ3v) is 8.77. The van der Waals surface area contributed by atoms with Crippen molar-refractivity contribution in [3.8, 4) is 0 Å². The molecule has 0 nitrogen and oxygen atoms in total. The molecule has 0 N–H and O–H groups in total. The molecule has 0 atom stereocenters. The molecule has 2 aliphatic rings. The topological polar surface area (TPSA) is 0 Å². The Kier molecular flexibility index (Phi) is 4.42. The minimum atomic E-state index is 1.27. The number of allylic oxidation sites excluding steroid dienone is 2. The fraction of sp³-hybridized carbons (Fsp3) is 0. The summed E-state index contributed by atoms with van der Waals surface area (Å²) in [6, 6.07) is 53.6. The van der Waals surface area contributed by atoms with Gasteiger partial charge in [-0.25, -0.2) is 0 Å². The van der Waals surface area contributed by atoms with Gasteiger partial charge in [-0.15, -0.1) is 0 Å². The van der Waals surface area contributed by atoms with Gasteiger partial charge in [0.1, 0.15) is 0 Å². The molecule has 0 aliphatic heterocycles. The van der Waals surface area contributed by atoms with Gasteiger partial charge in [0.2, 0.25) is 0 Å². The lowest BCUT2D eigenvalue weighted by Crippen LogP contribution is -1.95. The van der Waals surface area contributed by atoms with Crippen molar-refractivity contribution in [3.63, 3.8) is 0 Å². The van der Waals surface area contributed by atoms with Crippen molar-refractivity contribution in [2.75, 3.05) is 0 Å². The number of benzene rings is 7. The van der Waals surface area contributed by atoms with Crippen LogP contribution in [0.4, 0.5) is 0 Å². The first-order chi connectivity index (χ1) is 19.9. The first kappa shape index (κ1) is 21.7. The highest BCUT2D eigenvalue weighted by molar-refractivity contribution is 6.40. The molecule has 40 heavy (non-hydrogen) atoms. The van der Waals surface area contributed by atoms with E-state index in [1.165, 1.54) is 88.0 Å². The lowest BCUT2D eigenvalue weighted by atomic mass is 9.87. The van der Waals surface area contributed by atoms with Crippen molar-refractivity contribution >= 4 is 54.6 Å². The van der Waals surface area contributed by atoms with Gasteiger partial charge in [-0.2, -0.15) is 0 Å². The Morgan fingerprint density at radius 2 is 0.725 bits per heavy atom. The van der Waals surface area contributed by atoms with Crippen molar-refractivity contribution < 1.29 is 0 Å². The van der Waals surface area contributed by atoms with Crippen LogP contribution in [-0.4, -0.2) is 0 Å². The Morgan fingerprint density at radius 3 is 1.38 bits per heavy atom. The molecule has 0 saturated heterocycles. The molecule has 0 radical (unpaired) electrons. The normalized spacial score (nSPS) is 13.8. The van der Waals surface area contributed by atoms with Gasteiger partial charge in [-0.05, 0) is 88.0 Å². The van der Waals surface area contributed by atoms with E-state index in [-0.39, 0.29) is 0 Å². The van der Waals surface area contributed by atoms with E-state index in [9.17, 15) is 0 Å². The Bertz CT molecular complexity index is 2240. The summed E-state index contributed by atoms with van der Waals surface area (Å²) in [5.74, 6) is 0. The van der Waals surface area contributed by atoms with Crippen LogP contribution < -0.4 is 0 Å². The fourth-order valence-electron chi connectivity index (χ4n) is 7.15. The second kappa shape index (κ2) is 8.15. The van der Waals surface area contributed by atoms with Crippen LogP contribution >= 0.6 is 0 Å².